The lowest BCUT2D eigenvalue weighted by Gasteiger charge is -2.13. The van der Waals surface area contributed by atoms with Crippen LogP contribution in [0.15, 0.2) is 36.4 Å². The molecule has 0 saturated carbocycles. The summed E-state index contributed by atoms with van der Waals surface area (Å²) in [7, 11) is 0. The molecule has 1 amide bonds. The second-order valence-electron chi connectivity index (χ2n) is 6.48. The fraction of sp³-hybridized carbons (Fsp3) is 0.286. The average molecular weight is 425 g/mol. The van der Waals surface area contributed by atoms with E-state index in [1.165, 1.54) is 0 Å². The number of carbonyl (C=O) groups is 1. The Balaban J connectivity index is 2.05. The van der Waals surface area contributed by atoms with Crippen LogP contribution in [0, 0.1) is 6.92 Å². The fourth-order valence-corrected chi connectivity index (χ4v) is 3.52. The van der Waals surface area contributed by atoms with Gasteiger partial charge in [0.2, 0.25) is 0 Å². The molecule has 0 saturated heterocycles. The van der Waals surface area contributed by atoms with Crippen LogP contribution in [0.5, 0.6) is 5.75 Å². The van der Waals surface area contributed by atoms with Crippen molar-refractivity contribution in [2.45, 2.75) is 33.5 Å². The van der Waals surface area contributed by atoms with Gasteiger partial charge in [-0.05, 0) is 62.7 Å². The number of fused-ring (bicyclic) bond motifs is 1. The number of rotatable bonds is 5. The smallest absolute Gasteiger partial charge is 0.416 e. The maximum absolute atomic E-state index is 13.0. The average Bonchev–Trinajstić information content (AvgIpc) is 2.94. The molecular formula is C21H20ClF3N2O2. The maximum atomic E-state index is 13.0. The lowest BCUT2D eigenvalue weighted by atomic mass is 10.1. The zero-order valence-corrected chi connectivity index (χ0v) is 16.9. The summed E-state index contributed by atoms with van der Waals surface area (Å²) in [6.45, 7) is 6.60. The number of amides is 1. The number of nitrogens with one attached hydrogen (secondary N) is 1. The number of ether oxygens (including phenoxy) is 1. The molecule has 0 aliphatic heterocycles. The first kappa shape index (κ1) is 21.0. The Morgan fingerprint density at radius 1 is 1.17 bits per heavy atom. The third kappa shape index (κ3) is 4.05. The third-order valence-electron chi connectivity index (χ3n) is 4.67. The Bertz CT molecular complexity index is 1070. The second-order valence-corrected chi connectivity index (χ2v) is 6.88. The van der Waals surface area contributed by atoms with Gasteiger partial charge in [0.1, 0.15) is 11.4 Å². The summed E-state index contributed by atoms with van der Waals surface area (Å²) in [6.07, 6.45) is -4.53. The summed E-state index contributed by atoms with van der Waals surface area (Å²) in [6, 6.07) is 8.38. The van der Waals surface area contributed by atoms with E-state index in [1.807, 2.05) is 36.6 Å². The van der Waals surface area contributed by atoms with Crippen molar-refractivity contribution in [2.75, 3.05) is 11.9 Å². The van der Waals surface area contributed by atoms with Crippen LogP contribution in [0.3, 0.4) is 0 Å². The van der Waals surface area contributed by atoms with E-state index < -0.39 is 17.6 Å². The number of anilines is 1. The number of hydrogen-bond donors (Lipinski definition) is 1. The first-order valence-electron chi connectivity index (χ1n) is 9.11. The molecule has 8 heteroatoms. The van der Waals surface area contributed by atoms with Crippen LogP contribution in [0.4, 0.5) is 18.9 Å². The highest BCUT2D eigenvalue weighted by Gasteiger charge is 2.31. The molecule has 154 valence electrons. The molecule has 1 heterocycles. The first-order chi connectivity index (χ1) is 13.7. The standard InChI is InChI=1S/C21H20ClF3N2O2/c1-4-27-18-9-7-14(29-5-2)11-15(18)12(3)19(27)20(28)26-17-10-13(21(23,24)25)6-8-16(17)22/h6-11H,4-5H2,1-3H3,(H,26,28). The summed E-state index contributed by atoms with van der Waals surface area (Å²) in [5, 5.41) is 3.41. The largest absolute Gasteiger partial charge is 0.494 e. The molecule has 0 fully saturated rings. The maximum Gasteiger partial charge on any atom is 0.416 e. The van der Waals surface area contributed by atoms with Gasteiger partial charge in [-0.2, -0.15) is 13.2 Å². The Labute approximate surface area is 171 Å². The molecule has 0 aliphatic rings. The predicted molar refractivity (Wildman–Crippen MR) is 108 cm³/mol. The Morgan fingerprint density at radius 3 is 2.52 bits per heavy atom. The molecule has 29 heavy (non-hydrogen) atoms. The number of alkyl halides is 3. The van der Waals surface area contributed by atoms with Crippen molar-refractivity contribution in [3.63, 3.8) is 0 Å². The van der Waals surface area contributed by atoms with Crippen LogP contribution in [0.2, 0.25) is 5.02 Å². The van der Waals surface area contributed by atoms with Crippen LogP contribution < -0.4 is 10.1 Å². The predicted octanol–water partition coefficient (Wildman–Crippen LogP) is 6.29. The third-order valence-corrected chi connectivity index (χ3v) is 5.00. The number of nitrogens with zero attached hydrogens (tertiary/aromatic N) is 1. The van der Waals surface area contributed by atoms with Crippen molar-refractivity contribution in [1.29, 1.82) is 0 Å². The van der Waals surface area contributed by atoms with E-state index in [2.05, 4.69) is 5.32 Å². The monoisotopic (exact) mass is 424 g/mol. The molecule has 4 nitrogen and oxygen atoms in total. The lowest BCUT2D eigenvalue weighted by Crippen LogP contribution is -2.18. The molecule has 1 aromatic heterocycles. The highest BCUT2D eigenvalue weighted by Crippen LogP contribution is 2.35. The fourth-order valence-electron chi connectivity index (χ4n) is 3.36. The van der Waals surface area contributed by atoms with Crippen molar-refractivity contribution >= 4 is 34.1 Å². The Kier molecular flexibility index (Phi) is 5.80. The van der Waals surface area contributed by atoms with Crippen molar-refractivity contribution in [3.8, 4) is 5.75 Å². The van der Waals surface area contributed by atoms with Gasteiger partial charge in [-0.15, -0.1) is 0 Å². The van der Waals surface area contributed by atoms with Crippen LogP contribution in [0.25, 0.3) is 10.9 Å². The number of carbonyl (C=O) groups excluding carboxylic acids is 1. The molecule has 0 unspecified atom stereocenters. The number of benzene rings is 2. The van der Waals surface area contributed by atoms with Gasteiger partial charge in [-0.3, -0.25) is 4.79 Å². The van der Waals surface area contributed by atoms with E-state index >= 15 is 0 Å². The molecule has 1 N–H and O–H groups in total. The molecule has 0 atom stereocenters. The van der Waals surface area contributed by atoms with E-state index in [-0.39, 0.29) is 10.7 Å². The van der Waals surface area contributed by atoms with Gasteiger partial charge in [-0.25, -0.2) is 0 Å². The number of aryl methyl sites for hydroxylation is 2. The highest BCUT2D eigenvalue weighted by atomic mass is 35.5. The van der Waals surface area contributed by atoms with Gasteiger partial charge in [0.15, 0.2) is 0 Å². The van der Waals surface area contributed by atoms with Crippen LogP contribution in [0.1, 0.15) is 35.5 Å². The molecular weight excluding hydrogens is 405 g/mol. The SMILES string of the molecule is CCOc1ccc2c(c1)c(C)c(C(=O)Nc1cc(C(F)(F)F)ccc1Cl)n2CC. The Morgan fingerprint density at radius 2 is 1.90 bits per heavy atom. The number of aromatic nitrogens is 1. The van der Waals surface area contributed by atoms with E-state index in [9.17, 15) is 18.0 Å². The van der Waals surface area contributed by atoms with Crippen molar-refractivity contribution < 1.29 is 22.7 Å². The van der Waals surface area contributed by atoms with Crippen molar-refractivity contribution in [3.05, 3.63) is 58.2 Å². The zero-order valence-electron chi connectivity index (χ0n) is 16.2. The van der Waals surface area contributed by atoms with E-state index in [1.54, 1.807) is 6.92 Å². The molecule has 3 rings (SSSR count). The Hall–Kier alpha value is -2.67. The van der Waals surface area contributed by atoms with Crippen molar-refractivity contribution in [2.24, 2.45) is 0 Å². The number of halogens is 4. The van der Waals surface area contributed by atoms with E-state index in [0.717, 1.165) is 29.1 Å². The van der Waals surface area contributed by atoms with Gasteiger partial charge in [0.25, 0.3) is 5.91 Å². The zero-order chi connectivity index (χ0) is 21.3. The van der Waals surface area contributed by atoms with Gasteiger partial charge in [0, 0.05) is 17.4 Å². The molecule has 0 aliphatic carbocycles. The number of hydrogen-bond acceptors (Lipinski definition) is 2. The minimum atomic E-state index is -4.53. The molecule has 0 radical (unpaired) electrons. The minimum Gasteiger partial charge on any atom is -0.494 e. The first-order valence-corrected chi connectivity index (χ1v) is 9.48. The summed E-state index contributed by atoms with van der Waals surface area (Å²) >= 11 is 6.02. The molecule has 0 spiro atoms. The summed E-state index contributed by atoms with van der Waals surface area (Å²) in [5.74, 6) is 0.156. The van der Waals surface area contributed by atoms with Crippen LogP contribution >= 0.6 is 11.6 Å². The van der Waals surface area contributed by atoms with Gasteiger partial charge in [0.05, 0.1) is 22.9 Å². The molecule has 3 aromatic rings. The van der Waals surface area contributed by atoms with Gasteiger partial charge < -0.3 is 14.6 Å². The molecule has 0 bridgehead atoms. The normalized spacial score (nSPS) is 11.7. The van der Waals surface area contributed by atoms with Crippen molar-refractivity contribution in [1.82, 2.24) is 4.57 Å². The van der Waals surface area contributed by atoms with Crippen LogP contribution in [-0.4, -0.2) is 17.1 Å². The van der Waals surface area contributed by atoms with E-state index in [0.29, 0.717) is 30.2 Å². The topological polar surface area (TPSA) is 43.3 Å². The molecule has 2 aromatic carbocycles. The van der Waals surface area contributed by atoms with Gasteiger partial charge >= 0.3 is 6.18 Å². The van der Waals surface area contributed by atoms with Gasteiger partial charge in [-0.1, -0.05) is 11.6 Å². The summed E-state index contributed by atoms with van der Waals surface area (Å²) in [5.41, 5.74) is 0.947. The second kappa shape index (κ2) is 7.99. The summed E-state index contributed by atoms with van der Waals surface area (Å²) in [4.78, 5) is 13.0. The minimum absolute atomic E-state index is 0.0294. The lowest BCUT2D eigenvalue weighted by molar-refractivity contribution is -0.137. The summed E-state index contributed by atoms with van der Waals surface area (Å²) < 4.78 is 46.4. The van der Waals surface area contributed by atoms with Crippen LogP contribution in [-0.2, 0) is 12.7 Å². The quantitative estimate of drug-likeness (QED) is 0.522. The van der Waals surface area contributed by atoms with E-state index in [4.69, 9.17) is 16.3 Å². The highest BCUT2D eigenvalue weighted by molar-refractivity contribution is 6.34.